The smallest absolute Gasteiger partial charge is 0.277 e. The Kier molecular flexibility index (Phi) is 6.13. The van der Waals surface area contributed by atoms with Gasteiger partial charge in [0.2, 0.25) is 15.9 Å². The van der Waals surface area contributed by atoms with Crippen LogP contribution < -0.4 is 0 Å². The molecule has 0 amide bonds. The molecule has 2 aromatic carbocycles. The van der Waals surface area contributed by atoms with Crippen LogP contribution in [0, 0.1) is 0 Å². The van der Waals surface area contributed by atoms with E-state index in [4.69, 9.17) is 4.42 Å². The summed E-state index contributed by atoms with van der Waals surface area (Å²) in [6.07, 6.45) is 5.88. The molecule has 0 radical (unpaired) electrons. The molecule has 1 saturated heterocycles. The topological polar surface area (TPSA) is 76.3 Å². The summed E-state index contributed by atoms with van der Waals surface area (Å²) in [5.41, 5.74) is 1.74. The molecule has 0 N–H and O–H groups in total. The molecule has 1 aliphatic rings. The van der Waals surface area contributed by atoms with Gasteiger partial charge in [-0.3, -0.25) is 0 Å². The van der Waals surface area contributed by atoms with Gasteiger partial charge in [0.1, 0.15) is 0 Å². The number of benzene rings is 2. The summed E-state index contributed by atoms with van der Waals surface area (Å²) in [5.74, 6) is 1.01. The first-order valence-corrected chi connectivity index (χ1v) is 11.8. The second-order valence-corrected chi connectivity index (χ2v) is 9.55. The van der Waals surface area contributed by atoms with Gasteiger partial charge in [-0.15, -0.1) is 10.2 Å². The van der Waals surface area contributed by atoms with E-state index in [1.165, 1.54) is 16.1 Å². The standard InChI is InChI=1S/C21H21N3O3S2/c25-29(26,24-13-4-5-14-24)19-12-6-11-18(16-19)20-22-23-21(27-20)28-15-7-10-17-8-2-1-3-9-17/h1-3,6-12,16H,4-5,13-15H2. The molecule has 6 nitrogen and oxygen atoms in total. The molecule has 4 rings (SSSR count). The van der Waals surface area contributed by atoms with Crippen molar-refractivity contribution < 1.29 is 12.8 Å². The van der Waals surface area contributed by atoms with Gasteiger partial charge in [-0.05, 0) is 36.6 Å². The molecule has 0 saturated carbocycles. The minimum absolute atomic E-state index is 0.259. The first-order valence-electron chi connectivity index (χ1n) is 9.41. The monoisotopic (exact) mass is 427 g/mol. The van der Waals surface area contributed by atoms with E-state index < -0.39 is 10.0 Å². The lowest BCUT2D eigenvalue weighted by atomic mass is 10.2. The minimum atomic E-state index is -3.48. The summed E-state index contributed by atoms with van der Waals surface area (Å²) >= 11 is 1.43. The van der Waals surface area contributed by atoms with Crippen LogP contribution in [0.1, 0.15) is 18.4 Å². The molecular formula is C21H21N3O3S2. The Labute approximate surface area is 174 Å². The van der Waals surface area contributed by atoms with Crippen molar-refractivity contribution >= 4 is 27.9 Å². The van der Waals surface area contributed by atoms with Crippen molar-refractivity contribution in [2.45, 2.75) is 23.0 Å². The van der Waals surface area contributed by atoms with Crippen molar-refractivity contribution in [3.05, 3.63) is 66.2 Å². The van der Waals surface area contributed by atoms with E-state index in [-0.39, 0.29) is 4.90 Å². The van der Waals surface area contributed by atoms with Crippen LogP contribution in [0.4, 0.5) is 0 Å². The lowest BCUT2D eigenvalue weighted by Crippen LogP contribution is -2.27. The van der Waals surface area contributed by atoms with Gasteiger partial charge in [-0.25, -0.2) is 8.42 Å². The maximum absolute atomic E-state index is 12.8. The number of rotatable bonds is 7. The number of hydrogen-bond donors (Lipinski definition) is 0. The summed E-state index contributed by atoms with van der Waals surface area (Å²) in [7, 11) is -3.48. The van der Waals surface area contributed by atoms with Crippen LogP contribution in [0.25, 0.3) is 17.5 Å². The van der Waals surface area contributed by atoms with E-state index in [1.807, 2.05) is 42.5 Å². The van der Waals surface area contributed by atoms with Gasteiger partial charge in [-0.1, -0.05) is 60.3 Å². The second-order valence-electron chi connectivity index (χ2n) is 6.64. The van der Waals surface area contributed by atoms with Crippen LogP contribution in [-0.2, 0) is 10.0 Å². The van der Waals surface area contributed by atoms with Gasteiger partial charge in [-0.2, -0.15) is 4.31 Å². The van der Waals surface area contributed by atoms with Crippen molar-refractivity contribution in [3.63, 3.8) is 0 Å². The van der Waals surface area contributed by atoms with Gasteiger partial charge in [0.25, 0.3) is 5.22 Å². The van der Waals surface area contributed by atoms with Crippen molar-refractivity contribution in [1.82, 2.24) is 14.5 Å². The van der Waals surface area contributed by atoms with Gasteiger partial charge in [0, 0.05) is 24.4 Å². The Hall–Kier alpha value is -2.42. The summed E-state index contributed by atoms with van der Waals surface area (Å²) < 4.78 is 32.8. The predicted molar refractivity (Wildman–Crippen MR) is 114 cm³/mol. The lowest BCUT2D eigenvalue weighted by Gasteiger charge is -2.15. The summed E-state index contributed by atoms with van der Waals surface area (Å²) in [4.78, 5) is 0.259. The zero-order chi connectivity index (χ0) is 20.1. The Balaban J connectivity index is 1.43. The lowest BCUT2D eigenvalue weighted by molar-refractivity contribution is 0.466. The second kappa shape index (κ2) is 8.94. The van der Waals surface area contributed by atoms with Crippen LogP contribution in [-0.4, -0.2) is 41.8 Å². The van der Waals surface area contributed by atoms with E-state index in [1.54, 1.807) is 24.3 Å². The molecule has 0 aliphatic carbocycles. The minimum Gasteiger partial charge on any atom is -0.411 e. The van der Waals surface area contributed by atoms with Gasteiger partial charge >= 0.3 is 0 Å². The third-order valence-corrected chi connectivity index (χ3v) is 7.27. The maximum Gasteiger partial charge on any atom is 0.277 e. The molecule has 150 valence electrons. The van der Waals surface area contributed by atoms with Crippen LogP contribution in [0.5, 0.6) is 0 Å². The maximum atomic E-state index is 12.8. The summed E-state index contributed by atoms with van der Waals surface area (Å²) in [5, 5.41) is 8.58. The number of aromatic nitrogens is 2. The molecule has 1 aliphatic heterocycles. The molecule has 0 unspecified atom stereocenters. The quantitative estimate of drug-likeness (QED) is 0.523. The fourth-order valence-electron chi connectivity index (χ4n) is 3.12. The van der Waals surface area contributed by atoms with Gasteiger partial charge in [0.05, 0.1) is 4.90 Å². The Morgan fingerprint density at radius 3 is 2.62 bits per heavy atom. The van der Waals surface area contributed by atoms with E-state index in [0.29, 0.717) is 35.5 Å². The zero-order valence-corrected chi connectivity index (χ0v) is 17.4. The van der Waals surface area contributed by atoms with E-state index in [9.17, 15) is 8.42 Å². The van der Waals surface area contributed by atoms with E-state index in [0.717, 1.165) is 18.4 Å². The molecule has 0 bridgehead atoms. The molecule has 29 heavy (non-hydrogen) atoms. The number of nitrogens with zero attached hydrogens (tertiary/aromatic N) is 3. The van der Waals surface area contributed by atoms with Crippen molar-refractivity contribution in [3.8, 4) is 11.5 Å². The van der Waals surface area contributed by atoms with Crippen molar-refractivity contribution in [1.29, 1.82) is 0 Å². The average Bonchev–Trinajstić information content (AvgIpc) is 3.45. The molecule has 2 heterocycles. The fraction of sp³-hybridized carbons (Fsp3) is 0.238. The fourth-order valence-corrected chi connectivity index (χ4v) is 5.25. The number of sulfonamides is 1. The molecule has 3 aromatic rings. The molecule has 8 heteroatoms. The Morgan fingerprint density at radius 1 is 1.03 bits per heavy atom. The van der Waals surface area contributed by atoms with Crippen LogP contribution in [0.15, 0.2) is 75.2 Å². The summed E-state index contributed by atoms with van der Waals surface area (Å²) in [6.45, 7) is 1.15. The summed E-state index contributed by atoms with van der Waals surface area (Å²) in [6, 6.07) is 16.7. The molecular weight excluding hydrogens is 406 g/mol. The molecule has 0 spiro atoms. The SMILES string of the molecule is O=S(=O)(c1cccc(-c2nnc(SCC=Cc3ccccc3)o2)c1)N1CCCC1. The Bertz CT molecular complexity index is 1090. The highest BCUT2D eigenvalue weighted by Gasteiger charge is 2.27. The largest absolute Gasteiger partial charge is 0.411 e. The molecule has 1 fully saturated rings. The normalized spacial score (nSPS) is 15.3. The average molecular weight is 428 g/mol. The van der Waals surface area contributed by atoms with Crippen molar-refractivity contribution in [2.75, 3.05) is 18.8 Å². The molecule has 1 aromatic heterocycles. The number of hydrogen-bond acceptors (Lipinski definition) is 6. The number of thioether (sulfide) groups is 1. The third-order valence-electron chi connectivity index (χ3n) is 4.60. The van der Waals surface area contributed by atoms with Crippen molar-refractivity contribution in [2.24, 2.45) is 0 Å². The highest BCUT2D eigenvalue weighted by molar-refractivity contribution is 7.99. The Morgan fingerprint density at radius 2 is 1.83 bits per heavy atom. The zero-order valence-electron chi connectivity index (χ0n) is 15.8. The van der Waals surface area contributed by atoms with Gasteiger partial charge in [0.15, 0.2) is 0 Å². The van der Waals surface area contributed by atoms with Crippen LogP contribution >= 0.6 is 11.8 Å². The predicted octanol–water partition coefficient (Wildman–Crippen LogP) is 4.33. The van der Waals surface area contributed by atoms with Crippen LogP contribution in [0.2, 0.25) is 0 Å². The van der Waals surface area contributed by atoms with Gasteiger partial charge < -0.3 is 4.42 Å². The first-order chi connectivity index (χ1) is 14.1. The highest BCUT2D eigenvalue weighted by atomic mass is 32.2. The third kappa shape index (κ3) is 4.77. The first kappa shape index (κ1) is 19.9. The van der Waals surface area contributed by atoms with E-state index >= 15 is 0 Å². The molecule has 0 atom stereocenters. The highest BCUT2D eigenvalue weighted by Crippen LogP contribution is 2.27. The van der Waals surface area contributed by atoms with E-state index in [2.05, 4.69) is 10.2 Å². The van der Waals surface area contributed by atoms with Crippen LogP contribution in [0.3, 0.4) is 0 Å².